The van der Waals surface area contributed by atoms with Gasteiger partial charge in [0.05, 0.1) is 0 Å². The maximum Gasteiger partial charge on any atom is 0.132 e. The highest BCUT2D eigenvalue weighted by molar-refractivity contribution is 6.31. The molecule has 0 fully saturated rings. The summed E-state index contributed by atoms with van der Waals surface area (Å²) in [4.78, 5) is 9.11. The SMILES string of the molecule is CNC1CCCc2nc(Cc3ccc(F)cc3Cl)ncc21. The van der Waals surface area contributed by atoms with Crippen molar-refractivity contribution in [2.75, 3.05) is 7.05 Å². The van der Waals surface area contributed by atoms with Crippen LogP contribution in [-0.4, -0.2) is 17.0 Å². The van der Waals surface area contributed by atoms with Crippen LogP contribution in [0.4, 0.5) is 4.39 Å². The summed E-state index contributed by atoms with van der Waals surface area (Å²) in [6, 6.07) is 4.78. The normalized spacial score (nSPS) is 17.6. The number of hydrogen-bond acceptors (Lipinski definition) is 3. The van der Waals surface area contributed by atoms with Crippen LogP contribution in [-0.2, 0) is 12.8 Å². The van der Waals surface area contributed by atoms with Gasteiger partial charge in [-0.1, -0.05) is 17.7 Å². The molecule has 0 spiro atoms. The van der Waals surface area contributed by atoms with Crippen LogP contribution in [0.25, 0.3) is 0 Å². The zero-order valence-electron chi connectivity index (χ0n) is 11.9. The van der Waals surface area contributed by atoms with Gasteiger partial charge in [-0.3, -0.25) is 0 Å². The molecule has 1 aromatic heterocycles. The van der Waals surface area contributed by atoms with Crippen molar-refractivity contribution in [3.63, 3.8) is 0 Å². The van der Waals surface area contributed by atoms with E-state index in [0.29, 0.717) is 17.5 Å². The van der Waals surface area contributed by atoms with Crippen molar-refractivity contribution in [3.05, 3.63) is 57.9 Å². The molecule has 0 saturated carbocycles. The summed E-state index contributed by atoms with van der Waals surface area (Å²) in [6.45, 7) is 0. The van der Waals surface area contributed by atoms with Crippen LogP contribution in [0.15, 0.2) is 24.4 Å². The Morgan fingerprint density at radius 3 is 3.05 bits per heavy atom. The molecule has 3 nitrogen and oxygen atoms in total. The van der Waals surface area contributed by atoms with E-state index in [1.807, 2.05) is 13.2 Å². The molecule has 5 heteroatoms. The molecule has 21 heavy (non-hydrogen) atoms. The summed E-state index contributed by atoms with van der Waals surface area (Å²) in [7, 11) is 1.96. The summed E-state index contributed by atoms with van der Waals surface area (Å²) in [5.41, 5.74) is 3.15. The first kappa shape index (κ1) is 14.4. The van der Waals surface area contributed by atoms with E-state index in [2.05, 4.69) is 15.3 Å². The predicted octanol–water partition coefficient (Wildman–Crippen LogP) is 3.46. The fraction of sp³-hybridized carbons (Fsp3) is 0.375. The van der Waals surface area contributed by atoms with Gasteiger partial charge in [0, 0.05) is 34.9 Å². The summed E-state index contributed by atoms with van der Waals surface area (Å²) >= 11 is 6.06. The topological polar surface area (TPSA) is 37.8 Å². The van der Waals surface area contributed by atoms with Gasteiger partial charge in [-0.25, -0.2) is 14.4 Å². The molecule has 1 aliphatic rings. The van der Waals surface area contributed by atoms with Gasteiger partial charge in [-0.2, -0.15) is 0 Å². The lowest BCUT2D eigenvalue weighted by Crippen LogP contribution is -2.23. The van der Waals surface area contributed by atoms with Gasteiger partial charge >= 0.3 is 0 Å². The van der Waals surface area contributed by atoms with Crippen molar-refractivity contribution in [1.29, 1.82) is 0 Å². The average molecular weight is 306 g/mol. The third-order valence-electron chi connectivity index (χ3n) is 3.94. The lowest BCUT2D eigenvalue weighted by atomic mass is 9.92. The van der Waals surface area contributed by atoms with E-state index in [1.165, 1.54) is 17.7 Å². The van der Waals surface area contributed by atoms with E-state index >= 15 is 0 Å². The number of aromatic nitrogens is 2. The highest BCUT2D eigenvalue weighted by atomic mass is 35.5. The van der Waals surface area contributed by atoms with Gasteiger partial charge in [0.15, 0.2) is 0 Å². The Morgan fingerprint density at radius 2 is 2.29 bits per heavy atom. The van der Waals surface area contributed by atoms with Crippen molar-refractivity contribution >= 4 is 11.6 Å². The molecule has 1 aromatic carbocycles. The lowest BCUT2D eigenvalue weighted by molar-refractivity contribution is 0.485. The second-order valence-electron chi connectivity index (χ2n) is 5.33. The van der Waals surface area contributed by atoms with Gasteiger partial charge in [0.25, 0.3) is 0 Å². The molecule has 110 valence electrons. The first-order valence-electron chi connectivity index (χ1n) is 7.13. The average Bonchev–Trinajstić information content (AvgIpc) is 2.49. The van der Waals surface area contributed by atoms with E-state index in [1.54, 1.807) is 6.07 Å². The third-order valence-corrected chi connectivity index (χ3v) is 4.30. The smallest absolute Gasteiger partial charge is 0.132 e. The molecular formula is C16H17ClFN3. The van der Waals surface area contributed by atoms with Gasteiger partial charge in [0.2, 0.25) is 0 Å². The van der Waals surface area contributed by atoms with E-state index < -0.39 is 0 Å². The number of hydrogen-bond donors (Lipinski definition) is 1. The minimum Gasteiger partial charge on any atom is -0.313 e. The molecule has 1 unspecified atom stereocenters. The minimum absolute atomic E-state index is 0.327. The number of nitrogens with zero attached hydrogens (tertiary/aromatic N) is 2. The van der Waals surface area contributed by atoms with E-state index in [-0.39, 0.29) is 5.82 Å². The van der Waals surface area contributed by atoms with Gasteiger partial charge in [-0.05, 0) is 44.0 Å². The quantitative estimate of drug-likeness (QED) is 0.943. The Bertz CT molecular complexity index is 660. The highest BCUT2D eigenvalue weighted by Crippen LogP contribution is 2.28. The number of nitrogens with one attached hydrogen (secondary N) is 1. The lowest BCUT2D eigenvalue weighted by Gasteiger charge is -2.24. The van der Waals surface area contributed by atoms with Crippen LogP contribution in [0.3, 0.4) is 0 Å². The van der Waals surface area contributed by atoms with Crippen molar-refractivity contribution in [1.82, 2.24) is 15.3 Å². The number of fused-ring (bicyclic) bond motifs is 1. The molecule has 0 saturated heterocycles. The molecule has 1 N–H and O–H groups in total. The van der Waals surface area contributed by atoms with Crippen LogP contribution in [0.5, 0.6) is 0 Å². The Hall–Kier alpha value is -1.52. The Labute approximate surface area is 128 Å². The second-order valence-corrected chi connectivity index (χ2v) is 5.74. The Morgan fingerprint density at radius 1 is 1.43 bits per heavy atom. The van der Waals surface area contributed by atoms with Crippen LogP contribution in [0, 0.1) is 5.82 Å². The van der Waals surface area contributed by atoms with E-state index in [9.17, 15) is 4.39 Å². The largest absolute Gasteiger partial charge is 0.313 e. The molecule has 0 bridgehead atoms. The number of benzene rings is 1. The fourth-order valence-electron chi connectivity index (χ4n) is 2.81. The molecule has 0 radical (unpaired) electrons. The first-order chi connectivity index (χ1) is 10.2. The van der Waals surface area contributed by atoms with Crippen molar-refractivity contribution in [2.45, 2.75) is 31.7 Å². The van der Waals surface area contributed by atoms with Gasteiger partial charge < -0.3 is 5.32 Å². The highest BCUT2D eigenvalue weighted by Gasteiger charge is 2.20. The molecule has 0 amide bonds. The summed E-state index contributed by atoms with van der Waals surface area (Å²) in [5, 5.41) is 3.72. The van der Waals surface area contributed by atoms with Crippen molar-refractivity contribution in [2.24, 2.45) is 0 Å². The maximum absolute atomic E-state index is 13.1. The maximum atomic E-state index is 13.1. The minimum atomic E-state index is -0.327. The van der Waals surface area contributed by atoms with Crippen molar-refractivity contribution < 1.29 is 4.39 Å². The van der Waals surface area contributed by atoms with Crippen molar-refractivity contribution in [3.8, 4) is 0 Å². The first-order valence-corrected chi connectivity index (χ1v) is 7.51. The molecule has 1 heterocycles. The zero-order chi connectivity index (χ0) is 14.8. The van der Waals surface area contributed by atoms with Crippen LogP contribution in [0.1, 0.15) is 41.5 Å². The number of aryl methyl sites for hydroxylation is 1. The van der Waals surface area contributed by atoms with Crippen LogP contribution >= 0.6 is 11.6 Å². The monoisotopic (exact) mass is 305 g/mol. The van der Waals surface area contributed by atoms with Crippen LogP contribution in [0.2, 0.25) is 5.02 Å². The van der Waals surface area contributed by atoms with Gasteiger partial charge in [0.1, 0.15) is 11.6 Å². The third kappa shape index (κ3) is 3.06. The summed E-state index contributed by atoms with van der Waals surface area (Å²) < 4.78 is 13.1. The zero-order valence-corrected chi connectivity index (χ0v) is 12.6. The predicted molar refractivity (Wildman–Crippen MR) is 81.0 cm³/mol. The standard InChI is InChI=1S/C16H17ClFN3/c1-19-14-3-2-4-15-12(14)9-20-16(21-15)7-10-5-6-11(18)8-13(10)17/h5-6,8-9,14,19H,2-4,7H2,1H3. The molecule has 0 aliphatic heterocycles. The number of rotatable bonds is 3. The van der Waals surface area contributed by atoms with E-state index in [4.69, 9.17) is 11.6 Å². The molecule has 2 aromatic rings. The molecule has 1 aliphatic carbocycles. The van der Waals surface area contributed by atoms with Crippen LogP contribution < -0.4 is 5.32 Å². The Balaban J connectivity index is 1.87. The Kier molecular flexibility index (Phi) is 4.17. The molecule has 1 atom stereocenters. The van der Waals surface area contributed by atoms with Gasteiger partial charge in [-0.15, -0.1) is 0 Å². The summed E-state index contributed by atoms with van der Waals surface area (Å²) in [6.07, 6.45) is 5.68. The molecular weight excluding hydrogens is 289 g/mol. The summed E-state index contributed by atoms with van der Waals surface area (Å²) in [5.74, 6) is 0.408. The van der Waals surface area contributed by atoms with E-state index in [0.717, 1.165) is 36.3 Å². The second kappa shape index (κ2) is 6.08. The number of halogens is 2. The fourth-order valence-corrected chi connectivity index (χ4v) is 3.04. The molecule has 3 rings (SSSR count).